The van der Waals surface area contributed by atoms with E-state index >= 15 is 0 Å². The number of benzene rings is 1. The molecule has 3 rings (SSSR count). The SMILES string of the molecule is CC(=O)N1CCC(CC(=O)O)C(CCN2CCN(c3ccccc3)CC2)C1. The molecule has 0 aliphatic carbocycles. The average Bonchev–Trinajstić information content (AvgIpc) is 2.67. The quantitative estimate of drug-likeness (QED) is 0.828. The first-order valence-corrected chi connectivity index (χ1v) is 10.0. The number of hydrogen-bond acceptors (Lipinski definition) is 4. The predicted octanol–water partition coefficient (Wildman–Crippen LogP) is 2.16. The van der Waals surface area contributed by atoms with E-state index in [2.05, 4.69) is 34.1 Å². The van der Waals surface area contributed by atoms with Crippen LogP contribution in [0, 0.1) is 11.8 Å². The fourth-order valence-corrected chi connectivity index (χ4v) is 4.40. The number of nitrogens with zero attached hydrogens (tertiary/aromatic N) is 3. The molecule has 0 spiro atoms. The summed E-state index contributed by atoms with van der Waals surface area (Å²) in [5, 5.41) is 9.22. The van der Waals surface area contributed by atoms with Crippen LogP contribution in [-0.2, 0) is 9.59 Å². The van der Waals surface area contributed by atoms with Crippen molar-refractivity contribution in [3.63, 3.8) is 0 Å². The molecule has 0 bridgehead atoms. The van der Waals surface area contributed by atoms with Crippen LogP contribution in [0.4, 0.5) is 5.69 Å². The van der Waals surface area contributed by atoms with Crippen molar-refractivity contribution >= 4 is 17.6 Å². The molecule has 2 fully saturated rings. The van der Waals surface area contributed by atoms with Gasteiger partial charge in [0.05, 0.1) is 0 Å². The lowest BCUT2D eigenvalue weighted by Gasteiger charge is -2.40. The van der Waals surface area contributed by atoms with Gasteiger partial charge in [-0.15, -0.1) is 0 Å². The molecule has 1 N–H and O–H groups in total. The van der Waals surface area contributed by atoms with Gasteiger partial charge in [0.25, 0.3) is 0 Å². The van der Waals surface area contributed by atoms with Gasteiger partial charge in [0.1, 0.15) is 0 Å². The normalized spacial score (nSPS) is 24.0. The van der Waals surface area contributed by atoms with Crippen molar-refractivity contribution in [2.45, 2.75) is 26.2 Å². The highest BCUT2D eigenvalue weighted by atomic mass is 16.4. The molecule has 27 heavy (non-hydrogen) atoms. The van der Waals surface area contributed by atoms with Crippen LogP contribution in [0.1, 0.15) is 26.2 Å². The van der Waals surface area contributed by atoms with Crippen LogP contribution in [0.3, 0.4) is 0 Å². The molecule has 6 nitrogen and oxygen atoms in total. The maximum absolute atomic E-state index is 11.7. The topological polar surface area (TPSA) is 64.1 Å². The van der Waals surface area contributed by atoms with E-state index in [1.807, 2.05) is 11.0 Å². The Balaban J connectivity index is 1.49. The Morgan fingerprint density at radius 3 is 2.37 bits per heavy atom. The number of hydrogen-bond donors (Lipinski definition) is 1. The first-order chi connectivity index (χ1) is 13.0. The van der Waals surface area contributed by atoms with Gasteiger partial charge >= 0.3 is 5.97 Å². The fourth-order valence-electron chi connectivity index (χ4n) is 4.40. The minimum Gasteiger partial charge on any atom is -0.481 e. The zero-order valence-electron chi connectivity index (χ0n) is 16.2. The molecule has 1 aromatic rings. The maximum Gasteiger partial charge on any atom is 0.303 e. The maximum atomic E-state index is 11.7. The van der Waals surface area contributed by atoms with Crippen molar-refractivity contribution in [1.29, 1.82) is 0 Å². The molecular formula is C21H31N3O3. The standard InChI is InChI=1S/C21H31N3O3/c1-17(25)24-10-8-18(15-21(26)27)19(16-24)7-9-22-11-13-23(14-12-22)20-5-3-2-4-6-20/h2-6,18-19H,7-16H2,1H3,(H,26,27). The molecule has 0 radical (unpaired) electrons. The van der Waals surface area contributed by atoms with E-state index in [9.17, 15) is 14.7 Å². The Hall–Kier alpha value is -2.08. The number of carbonyl (C=O) groups excluding carboxylic acids is 1. The van der Waals surface area contributed by atoms with E-state index in [4.69, 9.17) is 0 Å². The fraction of sp³-hybridized carbons (Fsp3) is 0.619. The van der Waals surface area contributed by atoms with Gasteiger partial charge in [0, 0.05) is 58.3 Å². The van der Waals surface area contributed by atoms with E-state index in [1.54, 1.807) is 6.92 Å². The van der Waals surface area contributed by atoms with Crippen molar-refractivity contribution < 1.29 is 14.7 Å². The molecule has 6 heteroatoms. The zero-order valence-corrected chi connectivity index (χ0v) is 16.2. The summed E-state index contributed by atoms with van der Waals surface area (Å²) in [5.41, 5.74) is 1.28. The Labute approximate surface area is 161 Å². The smallest absolute Gasteiger partial charge is 0.303 e. The second-order valence-corrected chi connectivity index (χ2v) is 7.82. The summed E-state index contributed by atoms with van der Waals surface area (Å²) >= 11 is 0. The van der Waals surface area contributed by atoms with Gasteiger partial charge in [-0.05, 0) is 43.4 Å². The number of piperazine rings is 1. The number of rotatable bonds is 6. The minimum absolute atomic E-state index is 0.102. The van der Waals surface area contributed by atoms with Crippen molar-refractivity contribution in [3.05, 3.63) is 30.3 Å². The summed E-state index contributed by atoms with van der Waals surface area (Å²) in [7, 11) is 0. The van der Waals surface area contributed by atoms with Gasteiger partial charge in [-0.2, -0.15) is 0 Å². The lowest BCUT2D eigenvalue weighted by molar-refractivity contribution is -0.139. The highest BCUT2D eigenvalue weighted by Gasteiger charge is 2.32. The predicted molar refractivity (Wildman–Crippen MR) is 106 cm³/mol. The van der Waals surface area contributed by atoms with Crippen LogP contribution < -0.4 is 4.90 Å². The van der Waals surface area contributed by atoms with E-state index in [-0.39, 0.29) is 24.2 Å². The van der Waals surface area contributed by atoms with Crippen LogP contribution in [0.25, 0.3) is 0 Å². The highest BCUT2D eigenvalue weighted by molar-refractivity contribution is 5.73. The van der Waals surface area contributed by atoms with E-state index in [1.165, 1.54) is 5.69 Å². The molecule has 0 aromatic heterocycles. The molecule has 0 saturated carbocycles. The second kappa shape index (κ2) is 9.22. The van der Waals surface area contributed by atoms with E-state index in [0.29, 0.717) is 13.1 Å². The number of likely N-dealkylation sites (tertiary alicyclic amines) is 1. The first-order valence-electron chi connectivity index (χ1n) is 10.0. The molecule has 2 unspecified atom stereocenters. The Kier molecular flexibility index (Phi) is 6.72. The van der Waals surface area contributed by atoms with E-state index < -0.39 is 5.97 Å². The summed E-state index contributed by atoms with van der Waals surface area (Å²) in [5.74, 6) is -0.155. The molecule has 2 aliphatic heterocycles. The summed E-state index contributed by atoms with van der Waals surface area (Å²) < 4.78 is 0. The lowest BCUT2D eigenvalue weighted by atomic mass is 9.81. The molecule has 2 heterocycles. The van der Waals surface area contributed by atoms with Crippen molar-refractivity contribution in [2.75, 3.05) is 50.7 Å². The van der Waals surface area contributed by atoms with Crippen molar-refractivity contribution in [1.82, 2.24) is 9.80 Å². The third-order valence-corrected chi connectivity index (χ3v) is 6.08. The number of carboxylic acids is 1. The number of carbonyl (C=O) groups is 2. The molecule has 2 saturated heterocycles. The monoisotopic (exact) mass is 373 g/mol. The second-order valence-electron chi connectivity index (χ2n) is 7.82. The highest BCUT2D eigenvalue weighted by Crippen LogP contribution is 2.29. The lowest BCUT2D eigenvalue weighted by Crippen LogP contribution is -2.48. The van der Waals surface area contributed by atoms with Gasteiger partial charge in [-0.3, -0.25) is 14.5 Å². The van der Waals surface area contributed by atoms with Crippen molar-refractivity contribution in [3.8, 4) is 0 Å². The van der Waals surface area contributed by atoms with Gasteiger partial charge < -0.3 is 14.9 Å². The number of piperidine rings is 1. The summed E-state index contributed by atoms with van der Waals surface area (Å²) in [6.45, 7) is 8.09. The Morgan fingerprint density at radius 2 is 1.74 bits per heavy atom. The third-order valence-electron chi connectivity index (χ3n) is 6.08. The van der Waals surface area contributed by atoms with Crippen LogP contribution in [0.5, 0.6) is 0 Å². The number of anilines is 1. The largest absolute Gasteiger partial charge is 0.481 e. The van der Waals surface area contributed by atoms with Crippen LogP contribution in [0.15, 0.2) is 30.3 Å². The molecular weight excluding hydrogens is 342 g/mol. The third kappa shape index (κ3) is 5.45. The van der Waals surface area contributed by atoms with Gasteiger partial charge in [-0.25, -0.2) is 0 Å². The van der Waals surface area contributed by atoms with Gasteiger partial charge in [0.2, 0.25) is 5.91 Å². The Bertz CT molecular complexity index is 629. The number of aliphatic carboxylic acids is 1. The number of para-hydroxylation sites is 1. The van der Waals surface area contributed by atoms with Crippen LogP contribution >= 0.6 is 0 Å². The number of carboxylic acid groups (broad SMARTS) is 1. The average molecular weight is 373 g/mol. The first kappa shape index (κ1) is 19.7. The van der Waals surface area contributed by atoms with Gasteiger partial charge in [0.15, 0.2) is 0 Å². The zero-order chi connectivity index (χ0) is 19.2. The minimum atomic E-state index is -0.724. The number of amides is 1. The molecule has 1 amide bonds. The summed E-state index contributed by atoms with van der Waals surface area (Å²) in [6, 6.07) is 10.5. The summed E-state index contributed by atoms with van der Waals surface area (Å²) in [4.78, 5) is 29.7. The summed E-state index contributed by atoms with van der Waals surface area (Å²) in [6.07, 6.45) is 1.99. The van der Waals surface area contributed by atoms with Gasteiger partial charge in [-0.1, -0.05) is 18.2 Å². The van der Waals surface area contributed by atoms with E-state index in [0.717, 1.165) is 45.6 Å². The molecule has 1 aromatic carbocycles. The van der Waals surface area contributed by atoms with Crippen molar-refractivity contribution in [2.24, 2.45) is 11.8 Å². The Morgan fingerprint density at radius 1 is 1.04 bits per heavy atom. The molecule has 2 atom stereocenters. The molecule has 2 aliphatic rings. The van der Waals surface area contributed by atoms with Crippen LogP contribution in [0.2, 0.25) is 0 Å². The molecule has 148 valence electrons. The van der Waals surface area contributed by atoms with Crippen LogP contribution in [-0.4, -0.2) is 72.6 Å².